The van der Waals surface area contributed by atoms with E-state index in [1.54, 1.807) is 0 Å². The van der Waals surface area contributed by atoms with E-state index in [-0.39, 0.29) is 0 Å². The molecule has 2 heteroatoms. The van der Waals surface area contributed by atoms with E-state index in [9.17, 15) is 0 Å². The van der Waals surface area contributed by atoms with Crippen molar-refractivity contribution in [3.05, 3.63) is 41.1 Å². The van der Waals surface area contributed by atoms with Gasteiger partial charge in [0.15, 0.2) is 0 Å². The number of aromatic nitrogens is 1. The van der Waals surface area contributed by atoms with Gasteiger partial charge in [-0.15, -0.1) is 0 Å². The topological polar surface area (TPSA) is 36.7 Å². The summed E-state index contributed by atoms with van der Waals surface area (Å²) in [6, 6.07) is 10.5. The molecule has 0 atom stereocenters. The number of para-hydroxylation sites is 1. The van der Waals surface area contributed by atoms with Crippen molar-refractivity contribution in [2.24, 2.45) is 0 Å². The number of hydrogen-bond donors (Lipinski definition) is 0. The van der Waals surface area contributed by atoms with Gasteiger partial charge in [-0.3, -0.25) is 4.98 Å². The Labute approximate surface area is 101 Å². The highest BCUT2D eigenvalue weighted by molar-refractivity contribution is 5.84. The SMILES string of the molecule is N#CCc1c2c(nc3ccccc13)CCCC2. The molecule has 1 aliphatic rings. The number of rotatable bonds is 1. The molecule has 0 unspecified atom stereocenters. The zero-order valence-corrected chi connectivity index (χ0v) is 9.74. The number of pyridine rings is 1. The van der Waals surface area contributed by atoms with Gasteiger partial charge in [-0.25, -0.2) is 0 Å². The fourth-order valence-corrected chi connectivity index (χ4v) is 2.75. The molecule has 0 saturated heterocycles. The maximum Gasteiger partial charge on any atom is 0.0708 e. The summed E-state index contributed by atoms with van der Waals surface area (Å²) >= 11 is 0. The second kappa shape index (κ2) is 4.18. The van der Waals surface area contributed by atoms with Gasteiger partial charge in [-0.1, -0.05) is 18.2 Å². The Balaban J connectivity index is 2.33. The summed E-state index contributed by atoms with van der Waals surface area (Å²) < 4.78 is 0. The molecule has 2 nitrogen and oxygen atoms in total. The van der Waals surface area contributed by atoms with Crippen molar-refractivity contribution >= 4 is 10.9 Å². The lowest BCUT2D eigenvalue weighted by Gasteiger charge is -2.19. The van der Waals surface area contributed by atoms with Crippen molar-refractivity contribution in [3.8, 4) is 6.07 Å². The third-order valence-electron chi connectivity index (χ3n) is 3.54. The third kappa shape index (κ3) is 1.68. The first-order valence-corrected chi connectivity index (χ1v) is 6.16. The number of nitriles is 1. The zero-order valence-electron chi connectivity index (χ0n) is 9.74. The molecule has 1 aromatic carbocycles. The Hall–Kier alpha value is -1.88. The number of benzene rings is 1. The lowest BCUT2D eigenvalue weighted by Crippen LogP contribution is -2.09. The summed E-state index contributed by atoms with van der Waals surface area (Å²) in [5.41, 5.74) is 4.82. The first kappa shape index (κ1) is 10.3. The van der Waals surface area contributed by atoms with Gasteiger partial charge >= 0.3 is 0 Å². The monoisotopic (exact) mass is 222 g/mol. The van der Waals surface area contributed by atoms with E-state index in [1.807, 2.05) is 18.2 Å². The van der Waals surface area contributed by atoms with Gasteiger partial charge in [0.2, 0.25) is 0 Å². The highest BCUT2D eigenvalue weighted by Crippen LogP contribution is 2.29. The molecule has 1 aliphatic carbocycles. The van der Waals surface area contributed by atoms with E-state index in [0.29, 0.717) is 6.42 Å². The minimum Gasteiger partial charge on any atom is -0.253 e. The van der Waals surface area contributed by atoms with Crippen LogP contribution in [0.3, 0.4) is 0 Å². The molecule has 84 valence electrons. The number of aryl methyl sites for hydroxylation is 1. The molecule has 3 rings (SSSR count). The van der Waals surface area contributed by atoms with Gasteiger partial charge in [0.1, 0.15) is 0 Å². The van der Waals surface area contributed by atoms with Gasteiger partial charge in [-0.2, -0.15) is 5.26 Å². The van der Waals surface area contributed by atoms with Crippen LogP contribution < -0.4 is 0 Å². The molecular formula is C15H14N2. The molecule has 0 saturated carbocycles. The molecule has 0 amide bonds. The van der Waals surface area contributed by atoms with E-state index in [4.69, 9.17) is 10.2 Å². The van der Waals surface area contributed by atoms with Crippen molar-refractivity contribution in [3.63, 3.8) is 0 Å². The minimum atomic E-state index is 0.505. The Kier molecular flexibility index (Phi) is 2.53. The van der Waals surface area contributed by atoms with Gasteiger partial charge in [-0.05, 0) is 42.9 Å². The Bertz CT molecular complexity index is 608. The molecule has 2 aromatic rings. The van der Waals surface area contributed by atoms with E-state index >= 15 is 0 Å². The summed E-state index contributed by atoms with van der Waals surface area (Å²) in [6.45, 7) is 0. The zero-order chi connectivity index (χ0) is 11.7. The highest BCUT2D eigenvalue weighted by Gasteiger charge is 2.17. The van der Waals surface area contributed by atoms with Crippen LogP contribution >= 0.6 is 0 Å². The van der Waals surface area contributed by atoms with Crippen molar-refractivity contribution < 1.29 is 0 Å². The van der Waals surface area contributed by atoms with Crippen LogP contribution in [-0.4, -0.2) is 4.98 Å². The lowest BCUT2D eigenvalue weighted by atomic mass is 9.89. The molecule has 1 heterocycles. The third-order valence-corrected chi connectivity index (χ3v) is 3.54. The van der Waals surface area contributed by atoms with Crippen LogP contribution in [0.25, 0.3) is 10.9 Å². The molecule has 0 fully saturated rings. The van der Waals surface area contributed by atoms with Crippen molar-refractivity contribution in [1.29, 1.82) is 5.26 Å². The maximum absolute atomic E-state index is 9.01. The molecule has 0 N–H and O–H groups in total. The Morgan fingerprint density at radius 2 is 2.00 bits per heavy atom. The molecule has 17 heavy (non-hydrogen) atoms. The van der Waals surface area contributed by atoms with Gasteiger partial charge in [0.25, 0.3) is 0 Å². The number of fused-ring (bicyclic) bond motifs is 2. The van der Waals surface area contributed by atoms with Crippen molar-refractivity contribution in [2.75, 3.05) is 0 Å². The van der Waals surface area contributed by atoms with Crippen molar-refractivity contribution in [1.82, 2.24) is 4.98 Å². The van der Waals surface area contributed by atoms with Crippen LogP contribution in [0.4, 0.5) is 0 Å². The summed E-state index contributed by atoms with van der Waals surface area (Å²) in [4.78, 5) is 4.75. The number of hydrogen-bond acceptors (Lipinski definition) is 2. The lowest BCUT2D eigenvalue weighted by molar-refractivity contribution is 0.666. The smallest absolute Gasteiger partial charge is 0.0708 e. The van der Waals surface area contributed by atoms with Crippen LogP contribution in [0.1, 0.15) is 29.7 Å². The molecule has 0 aliphatic heterocycles. The normalized spacial score (nSPS) is 14.3. The summed E-state index contributed by atoms with van der Waals surface area (Å²) in [5, 5.41) is 10.2. The fourth-order valence-electron chi connectivity index (χ4n) is 2.75. The summed E-state index contributed by atoms with van der Waals surface area (Å²) in [7, 11) is 0. The van der Waals surface area contributed by atoms with Gasteiger partial charge < -0.3 is 0 Å². The van der Waals surface area contributed by atoms with E-state index in [2.05, 4.69) is 12.1 Å². The van der Waals surface area contributed by atoms with E-state index < -0.39 is 0 Å². The van der Waals surface area contributed by atoms with Gasteiger partial charge in [0.05, 0.1) is 18.0 Å². The molecule has 0 bridgehead atoms. The van der Waals surface area contributed by atoms with Crippen molar-refractivity contribution in [2.45, 2.75) is 32.1 Å². The first-order valence-electron chi connectivity index (χ1n) is 6.16. The highest BCUT2D eigenvalue weighted by atomic mass is 14.7. The van der Waals surface area contributed by atoms with E-state index in [1.165, 1.54) is 29.7 Å². The van der Waals surface area contributed by atoms with E-state index in [0.717, 1.165) is 23.7 Å². The fraction of sp³-hybridized carbons (Fsp3) is 0.333. The summed E-state index contributed by atoms with van der Waals surface area (Å²) in [6.07, 6.45) is 5.12. The Morgan fingerprint density at radius 1 is 1.18 bits per heavy atom. The first-order chi connectivity index (χ1) is 8.40. The average Bonchev–Trinajstić information content (AvgIpc) is 2.39. The minimum absolute atomic E-state index is 0.505. The van der Waals surface area contributed by atoms with Crippen LogP contribution in [0.2, 0.25) is 0 Å². The maximum atomic E-state index is 9.01. The molecular weight excluding hydrogens is 208 g/mol. The van der Waals surface area contributed by atoms with Crippen LogP contribution in [-0.2, 0) is 19.3 Å². The van der Waals surface area contributed by atoms with Crippen LogP contribution in [0, 0.1) is 11.3 Å². The predicted molar refractivity (Wildman–Crippen MR) is 67.7 cm³/mol. The molecule has 0 spiro atoms. The van der Waals surface area contributed by atoms with Crippen LogP contribution in [0.5, 0.6) is 0 Å². The largest absolute Gasteiger partial charge is 0.253 e. The standard InChI is InChI=1S/C15H14N2/c16-10-9-11-12-5-1-3-7-14(12)17-15-8-4-2-6-13(11)15/h1,3,5,7H,2,4,6,8-9H2. The van der Waals surface area contributed by atoms with Crippen LogP contribution in [0.15, 0.2) is 24.3 Å². The molecule has 0 radical (unpaired) electrons. The molecule has 1 aromatic heterocycles. The second-order valence-corrected chi connectivity index (χ2v) is 4.57. The predicted octanol–water partition coefficient (Wildman–Crippen LogP) is 3.18. The van der Waals surface area contributed by atoms with Gasteiger partial charge in [0, 0.05) is 11.1 Å². The summed E-state index contributed by atoms with van der Waals surface area (Å²) in [5.74, 6) is 0. The quantitative estimate of drug-likeness (QED) is 0.743. The number of nitrogens with zero attached hydrogens (tertiary/aromatic N) is 2. The average molecular weight is 222 g/mol. The Morgan fingerprint density at radius 3 is 2.88 bits per heavy atom. The second-order valence-electron chi connectivity index (χ2n) is 4.57.